The molecule has 0 atom stereocenters. The second kappa shape index (κ2) is 12.1. The fourth-order valence-electron chi connectivity index (χ4n) is 5.02. The van der Waals surface area contributed by atoms with Crippen LogP contribution in [0.15, 0.2) is 70.3 Å². The normalized spacial score (nSPS) is 14.7. The molecule has 1 aliphatic rings. The zero-order chi connectivity index (χ0) is 26.4. The lowest BCUT2D eigenvalue weighted by molar-refractivity contribution is -0.120. The van der Waals surface area contributed by atoms with Gasteiger partial charge in [0, 0.05) is 6.54 Å². The minimum atomic E-state index is -0.637. The number of nitrogens with one attached hydrogen (secondary N) is 1. The number of aromatic amines is 1. The van der Waals surface area contributed by atoms with Gasteiger partial charge in [-0.25, -0.2) is 4.79 Å². The monoisotopic (exact) mass is 503 g/mol. The molecular weight excluding hydrogens is 466 g/mol. The van der Waals surface area contributed by atoms with Crippen LogP contribution in [0.25, 0.3) is 0 Å². The molecule has 2 aromatic carbocycles. The second-order valence-corrected chi connectivity index (χ2v) is 10.4. The van der Waals surface area contributed by atoms with Crippen LogP contribution >= 0.6 is 0 Å². The van der Waals surface area contributed by atoms with Crippen molar-refractivity contribution in [3.63, 3.8) is 0 Å². The molecule has 0 radical (unpaired) electrons. The molecule has 1 fully saturated rings. The van der Waals surface area contributed by atoms with E-state index in [9.17, 15) is 14.4 Å². The molecule has 0 spiro atoms. The van der Waals surface area contributed by atoms with Crippen LogP contribution in [0, 0.1) is 11.8 Å². The van der Waals surface area contributed by atoms with E-state index in [1.54, 1.807) is 0 Å². The largest absolute Gasteiger partial charge is 0.383 e. The number of hydrogen-bond donors (Lipinski definition) is 2. The van der Waals surface area contributed by atoms with E-state index in [4.69, 9.17) is 5.73 Å². The number of benzene rings is 2. The standard InChI is InChI=1S/C29H37N5O3/c1-21(2)18-33(25(35)20-32-15-13-23(14-16-32)17-22-9-5-3-6-10-22)26-27(30)34(29(37)31-28(26)36)19-24-11-7-4-8-12-24/h3-12,21,23H,13-20,30H2,1-2H3,(H,31,36,37). The number of nitrogens with zero attached hydrogens (tertiary/aromatic N) is 3. The Balaban J connectivity index is 1.50. The van der Waals surface area contributed by atoms with Gasteiger partial charge in [0.1, 0.15) is 5.82 Å². The van der Waals surface area contributed by atoms with Gasteiger partial charge in [0.2, 0.25) is 5.91 Å². The third-order valence-corrected chi connectivity index (χ3v) is 6.95. The molecule has 4 rings (SSSR count). The van der Waals surface area contributed by atoms with Gasteiger partial charge in [0.05, 0.1) is 13.1 Å². The maximum absolute atomic E-state index is 13.6. The number of rotatable bonds is 9. The summed E-state index contributed by atoms with van der Waals surface area (Å²) < 4.78 is 1.32. The number of carbonyl (C=O) groups excluding carboxylic acids is 1. The molecule has 1 aliphatic heterocycles. The number of hydrogen-bond acceptors (Lipinski definition) is 5. The van der Waals surface area contributed by atoms with Crippen molar-refractivity contribution in [1.29, 1.82) is 0 Å². The number of H-pyrrole nitrogens is 1. The first-order chi connectivity index (χ1) is 17.8. The van der Waals surface area contributed by atoms with Crippen molar-refractivity contribution in [2.75, 3.05) is 36.8 Å². The average molecular weight is 504 g/mol. The van der Waals surface area contributed by atoms with Crippen LogP contribution in [0.4, 0.5) is 11.5 Å². The second-order valence-electron chi connectivity index (χ2n) is 10.4. The minimum absolute atomic E-state index is 0.00757. The predicted molar refractivity (Wildman–Crippen MR) is 148 cm³/mol. The lowest BCUT2D eigenvalue weighted by atomic mass is 9.90. The lowest BCUT2D eigenvalue weighted by Gasteiger charge is -2.33. The van der Waals surface area contributed by atoms with E-state index in [1.165, 1.54) is 15.0 Å². The van der Waals surface area contributed by atoms with Crippen molar-refractivity contribution in [2.45, 2.75) is 39.7 Å². The Hall–Kier alpha value is -3.65. The van der Waals surface area contributed by atoms with Crippen molar-refractivity contribution in [2.24, 2.45) is 11.8 Å². The fraction of sp³-hybridized carbons (Fsp3) is 0.414. The first-order valence-corrected chi connectivity index (χ1v) is 13.0. The van der Waals surface area contributed by atoms with E-state index < -0.39 is 11.2 Å². The van der Waals surface area contributed by atoms with Crippen molar-refractivity contribution < 1.29 is 4.79 Å². The summed E-state index contributed by atoms with van der Waals surface area (Å²) in [6.07, 6.45) is 3.10. The molecule has 0 bridgehead atoms. The van der Waals surface area contributed by atoms with Crippen molar-refractivity contribution in [3.8, 4) is 0 Å². The lowest BCUT2D eigenvalue weighted by Crippen LogP contribution is -2.48. The van der Waals surface area contributed by atoms with Crippen molar-refractivity contribution in [3.05, 3.63) is 92.6 Å². The Kier molecular flexibility index (Phi) is 8.61. The number of nitrogen functional groups attached to an aromatic ring is 1. The molecule has 8 nitrogen and oxygen atoms in total. The van der Waals surface area contributed by atoms with Gasteiger partial charge < -0.3 is 10.6 Å². The van der Waals surface area contributed by atoms with Crippen LogP contribution in [0.3, 0.4) is 0 Å². The van der Waals surface area contributed by atoms with Crippen LogP contribution in [-0.4, -0.2) is 46.5 Å². The van der Waals surface area contributed by atoms with E-state index >= 15 is 0 Å². The van der Waals surface area contributed by atoms with E-state index in [0.29, 0.717) is 12.5 Å². The van der Waals surface area contributed by atoms with Gasteiger partial charge in [-0.2, -0.15) is 0 Å². The quantitative estimate of drug-likeness (QED) is 0.467. The van der Waals surface area contributed by atoms with E-state index in [1.807, 2.05) is 50.2 Å². The number of amides is 1. The number of anilines is 2. The van der Waals surface area contributed by atoms with Crippen molar-refractivity contribution in [1.82, 2.24) is 14.5 Å². The maximum Gasteiger partial charge on any atom is 0.330 e. The molecule has 8 heteroatoms. The van der Waals surface area contributed by atoms with Gasteiger partial charge >= 0.3 is 5.69 Å². The fourth-order valence-corrected chi connectivity index (χ4v) is 5.02. The molecule has 196 valence electrons. The molecule has 1 amide bonds. The minimum Gasteiger partial charge on any atom is -0.383 e. The van der Waals surface area contributed by atoms with Crippen LogP contribution in [0.1, 0.15) is 37.8 Å². The van der Waals surface area contributed by atoms with Crippen LogP contribution in [-0.2, 0) is 17.8 Å². The average Bonchev–Trinajstić information content (AvgIpc) is 2.88. The zero-order valence-electron chi connectivity index (χ0n) is 21.7. The summed E-state index contributed by atoms with van der Waals surface area (Å²) in [7, 11) is 0. The Bertz CT molecular complexity index is 1290. The number of nitrogens with two attached hydrogens (primary N) is 1. The summed E-state index contributed by atoms with van der Waals surface area (Å²) in [4.78, 5) is 45.1. The number of piperidine rings is 1. The Morgan fingerprint density at radius 2 is 1.59 bits per heavy atom. The molecule has 37 heavy (non-hydrogen) atoms. The number of likely N-dealkylation sites (tertiary alicyclic amines) is 1. The van der Waals surface area contributed by atoms with E-state index in [2.05, 4.69) is 34.1 Å². The molecule has 0 saturated carbocycles. The maximum atomic E-state index is 13.6. The molecule has 1 aromatic heterocycles. The third kappa shape index (κ3) is 6.77. The highest BCUT2D eigenvalue weighted by Crippen LogP contribution is 2.23. The van der Waals surface area contributed by atoms with Crippen LogP contribution < -0.4 is 21.9 Å². The number of aromatic nitrogens is 2. The van der Waals surface area contributed by atoms with E-state index in [-0.39, 0.29) is 36.4 Å². The summed E-state index contributed by atoms with van der Waals surface area (Å²) in [5.41, 5.74) is 7.45. The zero-order valence-corrected chi connectivity index (χ0v) is 21.7. The SMILES string of the molecule is CC(C)CN(C(=O)CN1CCC(Cc2ccccc2)CC1)c1c(N)n(Cc2ccccc2)c(=O)[nH]c1=O. The van der Waals surface area contributed by atoms with Crippen molar-refractivity contribution >= 4 is 17.4 Å². The van der Waals surface area contributed by atoms with Gasteiger partial charge in [-0.1, -0.05) is 74.5 Å². The third-order valence-electron chi connectivity index (χ3n) is 6.95. The smallest absolute Gasteiger partial charge is 0.330 e. The molecule has 1 saturated heterocycles. The van der Waals surface area contributed by atoms with Crippen LogP contribution in [0.2, 0.25) is 0 Å². The van der Waals surface area contributed by atoms with Gasteiger partial charge in [0.25, 0.3) is 5.56 Å². The molecule has 0 unspecified atom stereocenters. The summed E-state index contributed by atoms with van der Waals surface area (Å²) in [5, 5.41) is 0. The Morgan fingerprint density at radius 3 is 2.19 bits per heavy atom. The Labute approximate surface area is 217 Å². The first-order valence-electron chi connectivity index (χ1n) is 13.0. The summed E-state index contributed by atoms with van der Waals surface area (Å²) in [6, 6.07) is 19.9. The molecule has 3 aromatic rings. The highest BCUT2D eigenvalue weighted by atomic mass is 16.2. The van der Waals surface area contributed by atoms with Crippen LogP contribution in [0.5, 0.6) is 0 Å². The first kappa shape index (κ1) is 26.4. The van der Waals surface area contributed by atoms with Gasteiger partial charge in [-0.05, 0) is 55.3 Å². The summed E-state index contributed by atoms with van der Waals surface area (Å²) >= 11 is 0. The highest BCUT2D eigenvalue weighted by Gasteiger charge is 2.28. The van der Waals surface area contributed by atoms with E-state index in [0.717, 1.165) is 37.9 Å². The van der Waals surface area contributed by atoms with Gasteiger partial charge in [0.15, 0.2) is 5.69 Å². The van der Waals surface area contributed by atoms with Gasteiger partial charge in [-0.15, -0.1) is 0 Å². The Morgan fingerprint density at radius 1 is 1.00 bits per heavy atom. The predicted octanol–water partition coefficient (Wildman–Crippen LogP) is 3.11. The summed E-state index contributed by atoms with van der Waals surface area (Å²) in [5.74, 6) is 0.528. The number of carbonyl (C=O) groups is 1. The van der Waals surface area contributed by atoms with Gasteiger partial charge in [-0.3, -0.25) is 24.0 Å². The molecule has 3 N–H and O–H groups in total. The molecule has 0 aliphatic carbocycles. The topological polar surface area (TPSA) is 104 Å². The molecular formula is C29H37N5O3. The molecule has 2 heterocycles. The summed E-state index contributed by atoms with van der Waals surface area (Å²) in [6.45, 7) is 6.38. The highest BCUT2D eigenvalue weighted by molar-refractivity contribution is 5.96.